The first-order valence-electron chi connectivity index (χ1n) is 4.86. The standard InChI is InChI=1S/C11H12N2O2S2/c1-14-6-3-4-8(15-2)7(5-6)9-10(12)17-11(16)13-9/h3-5H,12H2,1-2H3,(H,13,16). The van der Waals surface area contributed by atoms with E-state index in [0.29, 0.717) is 8.96 Å². The van der Waals surface area contributed by atoms with Crippen LogP contribution < -0.4 is 15.2 Å². The number of thiazole rings is 1. The van der Waals surface area contributed by atoms with Gasteiger partial charge in [-0.1, -0.05) is 11.3 Å². The Morgan fingerprint density at radius 2 is 2.06 bits per heavy atom. The largest absolute Gasteiger partial charge is 0.497 e. The van der Waals surface area contributed by atoms with Crippen LogP contribution in [-0.4, -0.2) is 19.2 Å². The summed E-state index contributed by atoms with van der Waals surface area (Å²) in [5.41, 5.74) is 7.53. The van der Waals surface area contributed by atoms with E-state index in [9.17, 15) is 0 Å². The van der Waals surface area contributed by atoms with E-state index in [2.05, 4.69) is 4.98 Å². The van der Waals surface area contributed by atoms with Crippen molar-refractivity contribution in [3.8, 4) is 22.8 Å². The lowest BCUT2D eigenvalue weighted by Gasteiger charge is -2.09. The van der Waals surface area contributed by atoms with Crippen LogP contribution in [0.5, 0.6) is 11.5 Å². The first-order chi connectivity index (χ1) is 8.15. The Kier molecular flexibility index (Phi) is 3.35. The highest BCUT2D eigenvalue weighted by Gasteiger charge is 2.12. The molecule has 0 aliphatic heterocycles. The third-order valence-electron chi connectivity index (χ3n) is 2.35. The van der Waals surface area contributed by atoms with E-state index in [1.807, 2.05) is 18.2 Å². The minimum atomic E-state index is 0.640. The maximum Gasteiger partial charge on any atom is 0.160 e. The molecule has 0 unspecified atom stereocenters. The molecule has 0 spiro atoms. The van der Waals surface area contributed by atoms with Crippen LogP contribution in [0.2, 0.25) is 0 Å². The number of methoxy groups -OCH3 is 2. The Balaban J connectivity index is 2.63. The molecule has 0 atom stereocenters. The van der Waals surface area contributed by atoms with Gasteiger partial charge in [0.05, 0.1) is 19.9 Å². The van der Waals surface area contributed by atoms with Crippen LogP contribution in [-0.2, 0) is 0 Å². The highest BCUT2D eigenvalue weighted by atomic mass is 32.1. The molecule has 90 valence electrons. The minimum Gasteiger partial charge on any atom is -0.497 e. The van der Waals surface area contributed by atoms with Gasteiger partial charge in [0.2, 0.25) is 0 Å². The molecule has 0 bridgehead atoms. The van der Waals surface area contributed by atoms with Crippen molar-refractivity contribution in [1.29, 1.82) is 0 Å². The molecule has 6 heteroatoms. The number of H-pyrrole nitrogens is 1. The Labute approximate surface area is 108 Å². The van der Waals surface area contributed by atoms with Gasteiger partial charge in [0.1, 0.15) is 16.5 Å². The predicted octanol–water partition coefficient (Wildman–Crippen LogP) is 3.07. The number of benzene rings is 1. The van der Waals surface area contributed by atoms with Gasteiger partial charge in [-0.25, -0.2) is 0 Å². The fourth-order valence-electron chi connectivity index (χ4n) is 1.55. The zero-order valence-electron chi connectivity index (χ0n) is 9.44. The normalized spacial score (nSPS) is 10.2. The predicted molar refractivity (Wildman–Crippen MR) is 72.5 cm³/mol. The molecule has 0 aliphatic rings. The second kappa shape index (κ2) is 4.77. The van der Waals surface area contributed by atoms with Gasteiger partial charge >= 0.3 is 0 Å². The van der Waals surface area contributed by atoms with Crippen LogP contribution in [0, 0.1) is 3.95 Å². The number of hydrogen-bond acceptors (Lipinski definition) is 5. The Hall–Kier alpha value is -1.53. The molecule has 0 aliphatic carbocycles. The fraction of sp³-hybridized carbons (Fsp3) is 0.182. The highest BCUT2D eigenvalue weighted by Crippen LogP contribution is 2.37. The molecule has 1 aromatic heterocycles. The third kappa shape index (κ3) is 2.27. The lowest BCUT2D eigenvalue weighted by molar-refractivity contribution is 0.404. The number of anilines is 1. The lowest BCUT2D eigenvalue weighted by atomic mass is 10.1. The third-order valence-corrected chi connectivity index (χ3v) is 3.42. The van der Waals surface area contributed by atoms with Crippen molar-refractivity contribution in [2.24, 2.45) is 0 Å². The van der Waals surface area contributed by atoms with Gasteiger partial charge < -0.3 is 20.2 Å². The van der Waals surface area contributed by atoms with Crippen molar-refractivity contribution >= 4 is 28.6 Å². The summed E-state index contributed by atoms with van der Waals surface area (Å²) < 4.78 is 11.1. The van der Waals surface area contributed by atoms with Crippen LogP contribution in [0.25, 0.3) is 11.3 Å². The van der Waals surface area contributed by atoms with Gasteiger partial charge in [0, 0.05) is 5.56 Å². The first-order valence-corrected chi connectivity index (χ1v) is 6.09. The average Bonchev–Trinajstić information content (AvgIpc) is 2.67. The quantitative estimate of drug-likeness (QED) is 0.840. The summed E-state index contributed by atoms with van der Waals surface area (Å²) in [6.45, 7) is 0. The number of hydrogen-bond donors (Lipinski definition) is 2. The van der Waals surface area contributed by atoms with Crippen molar-refractivity contribution in [2.45, 2.75) is 0 Å². The number of nitrogens with one attached hydrogen (secondary N) is 1. The van der Waals surface area contributed by atoms with Gasteiger partial charge in [-0.2, -0.15) is 0 Å². The second-order valence-electron chi connectivity index (χ2n) is 3.32. The Morgan fingerprint density at radius 1 is 1.29 bits per heavy atom. The molecule has 0 saturated carbocycles. The second-order valence-corrected chi connectivity index (χ2v) is 5.04. The molecule has 17 heavy (non-hydrogen) atoms. The van der Waals surface area contributed by atoms with Gasteiger partial charge in [-0.15, -0.1) is 0 Å². The fourth-order valence-corrected chi connectivity index (χ4v) is 2.54. The van der Waals surface area contributed by atoms with E-state index >= 15 is 0 Å². The summed E-state index contributed by atoms with van der Waals surface area (Å²) in [6.07, 6.45) is 0. The number of nitrogen functional groups attached to an aromatic ring is 1. The number of rotatable bonds is 3. The molecule has 4 nitrogen and oxygen atoms in total. The molecule has 2 rings (SSSR count). The van der Waals surface area contributed by atoms with Crippen LogP contribution >= 0.6 is 23.6 Å². The zero-order chi connectivity index (χ0) is 12.4. The number of ether oxygens (including phenoxy) is 2. The molecule has 0 amide bonds. The van der Waals surface area contributed by atoms with E-state index < -0.39 is 0 Å². The van der Waals surface area contributed by atoms with E-state index in [1.165, 1.54) is 11.3 Å². The Bertz CT molecular complexity index is 589. The number of aromatic amines is 1. The smallest absolute Gasteiger partial charge is 0.160 e. The van der Waals surface area contributed by atoms with Crippen molar-refractivity contribution in [2.75, 3.05) is 20.0 Å². The maximum absolute atomic E-state index is 5.91. The number of nitrogens with two attached hydrogens (primary N) is 1. The summed E-state index contributed by atoms with van der Waals surface area (Å²) in [7, 11) is 3.23. The topological polar surface area (TPSA) is 60.3 Å². The van der Waals surface area contributed by atoms with Gasteiger partial charge in [0.25, 0.3) is 0 Å². The van der Waals surface area contributed by atoms with Gasteiger partial charge in [-0.05, 0) is 30.4 Å². The van der Waals surface area contributed by atoms with Crippen LogP contribution in [0.4, 0.5) is 5.00 Å². The molecule has 2 aromatic rings. The molecule has 3 N–H and O–H groups in total. The Morgan fingerprint density at radius 3 is 2.59 bits per heavy atom. The summed E-state index contributed by atoms with van der Waals surface area (Å²) in [4.78, 5) is 3.06. The van der Waals surface area contributed by atoms with E-state index in [1.54, 1.807) is 14.2 Å². The van der Waals surface area contributed by atoms with Gasteiger partial charge in [0.15, 0.2) is 3.95 Å². The van der Waals surface area contributed by atoms with Crippen molar-refractivity contribution in [3.63, 3.8) is 0 Å². The summed E-state index contributed by atoms with van der Waals surface area (Å²) >= 11 is 6.41. The minimum absolute atomic E-state index is 0.640. The monoisotopic (exact) mass is 268 g/mol. The molecule has 1 heterocycles. The number of aromatic nitrogens is 1. The van der Waals surface area contributed by atoms with Crippen LogP contribution in [0.15, 0.2) is 18.2 Å². The molecular formula is C11H12N2O2S2. The molecule has 0 saturated heterocycles. The van der Waals surface area contributed by atoms with E-state index in [4.69, 9.17) is 27.4 Å². The first kappa shape index (κ1) is 11.9. The van der Waals surface area contributed by atoms with Crippen molar-refractivity contribution < 1.29 is 9.47 Å². The summed E-state index contributed by atoms with van der Waals surface area (Å²) in [6, 6.07) is 5.53. The van der Waals surface area contributed by atoms with Crippen LogP contribution in [0.1, 0.15) is 0 Å². The summed E-state index contributed by atoms with van der Waals surface area (Å²) in [5.74, 6) is 1.47. The lowest BCUT2D eigenvalue weighted by Crippen LogP contribution is -1.92. The molecule has 1 aromatic carbocycles. The van der Waals surface area contributed by atoms with Crippen LogP contribution in [0.3, 0.4) is 0 Å². The summed E-state index contributed by atoms with van der Waals surface area (Å²) in [5, 5.41) is 0.640. The maximum atomic E-state index is 5.91. The molecular weight excluding hydrogens is 256 g/mol. The van der Waals surface area contributed by atoms with Crippen molar-refractivity contribution in [3.05, 3.63) is 22.2 Å². The molecule has 0 fully saturated rings. The SMILES string of the molecule is COc1ccc(OC)c(-c2[nH]c(=S)sc2N)c1. The van der Waals surface area contributed by atoms with Crippen molar-refractivity contribution in [1.82, 2.24) is 4.98 Å². The zero-order valence-corrected chi connectivity index (χ0v) is 11.1. The van der Waals surface area contributed by atoms with E-state index in [-0.39, 0.29) is 0 Å². The highest BCUT2D eigenvalue weighted by molar-refractivity contribution is 7.73. The van der Waals surface area contributed by atoms with E-state index in [0.717, 1.165) is 22.8 Å². The van der Waals surface area contributed by atoms with Gasteiger partial charge in [-0.3, -0.25) is 0 Å². The average molecular weight is 268 g/mol. The molecule has 0 radical (unpaired) electrons.